The summed E-state index contributed by atoms with van der Waals surface area (Å²) in [4.78, 5) is 7.04. The third-order valence-electron chi connectivity index (χ3n) is 3.12. The highest BCUT2D eigenvalue weighted by Gasteiger charge is 2.20. The van der Waals surface area contributed by atoms with Gasteiger partial charge in [-0.15, -0.1) is 0 Å². The van der Waals surface area contributed by atoms with Crippen molar-refractivity contribution in [3.8, 4) is 0 Å². The van der Waals surface area contributed by atoms with E-state index in [4.69, 9.17) is 0 Å². The van der Waals surface area contributed by atoms with Crippen molar-refractivity contribution in [1.29, 1.82) is 0 Å². The summed E-state index contributed by atoms with van der Waals surface area (Å²) in [7, 11) is 1.91. The number of pyridine rings is 1. The quantitative estimate of drug-likeness (QED) is 0.819. The minimum Gasteiger partial charge on any atom is -0.373 e. The molecular weight excluding hydrogens is 186 g/mol. The minimum absolute atomic E-state index is 0.713. The molecule has 1 aromatic rings. The Morgan fingerprint density at radius 1 is 1.53 bits per heavy atom. The summed E-state index contributed by atoms with van der Waals surface area (Å²) in [5.41, 5.74) is 1.16. The maximum absolute atomic E-state index is 4.54. The van der Waals surface area contributed by atoms with Crippen molar-refractivity contribution in [1.82, 2.24) is 9.88 Å². The second kappa shape index (κ2) is 4.62. The van der Waals surface area contributed by atoms with Crippen LogP contribution in [-0.2, 0) is 6.54 Å². The van der Waals surface area contributed by atoms with Gasteiger partial charge in [-0.05, 0) is 38.4 Å². The molecule has 1 N–H and O–H groups in total. The summed E-state index contributed by atoms with van der Waals surface area (Å²) >= 11 is 0. The van der Waals surface area contributed by atoms with Gasteiger partial charge in [0.05, 0.1) is 5.69 Å². The Kier molecular flexibility index (Phi) is 3.21. The van der Waals surface area contributed by atoms with Gasteiger partial charge in [-0.25, -0.2) is 4.98 Å². The van der Waals surface area contributed by atoms with Crippen LogP contribution in [0.5, 0.6) is 0 Å². The van der Waals surface area contributed by atoms with E-state index in [1.165, 1.54) is 19.4 Å². The first-order valence-electron chi connectivity index (χ1n) is 5.67. The summed E-state index contributed by atoms with van der Waals surface area (Å²) in [6.45, 7) is 4.50. The van der Waals surface area contributed by atoms with Crippen LogP contribution in [0.3, 0.4) is 0 Å². The SMILES string of the molecule is CNc1cccc(CN2CCCC2C)n1. The zero-order valence-corrected chi connectivity index (χ0v) is 9.53. The predicted molar refractivity (Wildman–Crippen MR) is 62.9 cm³/mol. The molecule has 0 aliphatic carbocycles. The van der Waals surface area contributed by atoms with Crippen molar-refractivity contribution < 1.29 is 0 Å². The number of aromatic nitrogens is 1. The van der Waals surface area contributed by atoms with Crippen LogP contribution in [0.2, 0.25) is 0 Å². The molecule has 1 atom stereocenters. The van der Waals surface area contributed by atoms with E-state index in [1.807, 2.05) is 13.1 Å². The Hall–Kier alpha value is -1.09. The van der Waals surface area contributed by atoms with Crippen LogP contribution < -0.4 is 5.32 Å². The van der Waals surface area contributed by atoms with E-state index in [9.17, 15) is 0 Å². The second-order valence-electron chi connectivity index (χ2n) is 4.23. The van der Waals surface area contributed by atoms with E-state index in [2.05, 4.69) is 34.3 Å². The molecule has 3 nitrogen and oxygen atoms in total. The summed E-state index contributed by atoms with van der Waals surface area (Å²) in [6.07, 6.45) is 2.65. The van der Waals surface area contributed by atoms with Gasteiger partial charge >= 0.3 is 0 Å². The molecule has 0 bridgehead atoms. The Morgan fingerprint density at radius 2 is 2.40 bits per heavy atom. The van der Waals surface area contributed by atoms with Crippen LogP contribution in [-0.4, -0.2) is 29.5 Å². The van der Waals surface area contributed by atoms with Gasteiger partial charge in [0, 0.05) is 19.6 Å². The largest absolute Gasteiger partial charge is 0.373 e. The van der Waals surface area contributed by atoms with Crippen molar-refractivity contribution >= 4 is 5.82 Å². The van der Waals surface area contributed by atoms with E-state index < -0.39 is 0 Å². The molecule has 1 aliphatic heterocycles. The average Bonchev–Trinajstić information content (AvgIpc) is 2.65. The van der Waals surface area contributed by atoms with Gasteiger partial charge < -0.3 is 5.32 Å². The molecule has 0 saturated carbocycles. The van der Waals surface area contributed by atoms with Gasteiger partial charge in [0.2, 0.25) is 0 Å². The summed E-state index contributed by atoms with van der Waals surface area (Å²) < 4.78 is 0. The van der Waals surface area contributed by atoms with Gasteiger partial charge in [0.25, 0.3) is 0 Å². The van der Waals surface area contributed by atoms with Crippen molar-refractivity contribution in [2.75, 3.05) is 18.9 Å². The maximum Gasteiger partial charge on any atom is 0.126 e. The van der Waals surface area contributed by atoms with Crippen LogP contribution in [0.4, 0.5) is 5.82 Å². The summed E-state index contributed by atoms with van der Waals surface area (Å²) in [5.74, 6) is 0.958. The maximum atomic E-state index is 4.54. The molecular formula is C12H19N3. The van der Waals surface area contributed by atoms with E-state index in [-0.39, 0.29) is 0 Å². The highest BCUT2D eigenvalue weighted by molar-refractivity contribution is 5.34. The van der Waals surface area contributed by atoms with Crippen molar-refractivity contribution in [3.63, 3.8) is 0 Å². The molecule has 1 unspecified atom stereocenters. The second-order valence-corrected chi connectivity index (χ2v) is 4.23. The first-order valence-corrected chi connectivity index (χ1v) is 5.67. The van der Waals surface area contributed by atoms with Crippen LogP contribution >= 0.6 is 0 Å². The van der Waals surface area contributed by atoms with Crippen LogP contribution in [0.25, 0.3) is 0 Å². The third kappa shape index (κ3) is 2.48. The molecule has 1 aromatic heterocycles. The van der Waals surface area contributed by atoms with E-state index >= 15 is 0 Å². The first kappa shape index (κ1) is 10.4. The highest BCUT2D eigenvalue weighted by Crippen LogP contribution is 2.19. The molecule has 0 aromatic carbocycles. The molecule has 0 amide bonds. The molecule has 2 rings (SSSR count). The predicted octanol–water partition coefficient (Wildman–Crippen LogP) is 2.11. The molecule has 1 aliphatic rings. The van der Waals surface area contributed by atoms with Crippen molar-refractivity contribution in [2.24, 2.45) is 0 Å². The van der Waals surface area contributed by atoms with E-state index in [1.54, 1.807) is 0 Å². The van der Waals surface area contributed by atoms with Gasteiger partial charge in [-0.3, -0.25) is 4.90 Å². The lowest BCUT2D eigenvalue weighted by Crippen LogP contribution is -2.26. The Bertz CT molecular complexity index is 324. The summed E-state index contributed by atoms with van der Waals surface area (Å²) in [6, 6.07) is 6.88. The fraction of sp³-hybridized carbons (Fsp3) is 0.583. The zero-order chi connectivity index (χ0) is 10.7. The number of hydrogen-bond acceptors (Lipinski definition) is 3. The van der Waals surface area contributed by atoms with Gasteiger partial charge in [0.15, 0.2) is 0 Å². The van der Waals surface area contributed by atoms with Gasteiger partial charge in [0.1, 0.15) is 5.82 Å². The van der Waals surface area contributed by atoms with Crippen molar-refractivity contribution in [3.05, 3.63) is 23.9 Å². The molecule has 2 heterocycles. The molecule has 0 radical (unpaired) electrons. The number of rotatable bonds is 3. The number of likely N-dealkylation sites (tertiary alicyclic amines) is 1. The van der Waals surface area contributed by atoms with Crippen LogP contribution in [0.1, 0.15) is 25.5 Å². The standard InChI is InChI=1S/C12H19N3/c1-10-5-4-8-15(10)9-11-6-3-7-12(13-2)14-11/h3,6-7,10H,4-5,8-9H2,1-2H3,(H,13,14). The molecule has 82 valence electrons. The molecule has 0 spiro atoms. The molecule has 3 heteroatoms. The van der Waals surface area contributed by atoms with E-state index in [0.29, 0.717) is 6.04 Å². The van der Waals surface area contributed by atoms with E-state index in [0.717, 1.165) is 18.1 Å². The van der Waals surface area contributed by atoms with Crippen LogP contribution in [0.15, 0.2) is 18.2 Å². The van der Waals surface area contributed by atoms with Crippen LogP contribution in [0, 0.1) is 0 Å². The minimum atomic E-state index is 0.713. The molecule has 1 fully saturated rings. The van der Waals surface area contributed by atoms with Crippen molar-refractivity contribution in [2.45, 2.75) is 32.4 Å². The number of hydrogen-bond donors (Lipinski definition) is 1. The monoisotopic (exact) mass is 205 g/mol. The van der Waals surface area contributed by atoms with Gasteiger partial charge in [-0.2, -0.15) is 0 Å². The lowest BCUT2D eigenvalue weighted by molar-refractivity contribution is 0.257. The first-order chi connectivity index (χ1) is 7.29. The Morgan fingerprint density at radius 3 is 3.07 bits per heavy atom. The average molecular weight is 205 g/mol. The molecule has 1 saturated heterocycles. The number of nitrogens with one attached hydrogen (secondary N) is 1. The fourth-order valence-corrected chi connectivity index (χ4v) is 2.14. The van der Waals surface area contributed by atoms with Gasteiger partial charge in [-0.1, -0.05) is 6.07 Å². The topological polar surface area (TPSA) is 28.2 Å². The lowest BCUT2D eigenvalue weighted by Gasteiger charge is -2.20. The number of nitrogens with zero attached hydrogens (tertiary/aromatic N) is 2. The molecule has 15 heavy (non-hydrogen) atoms. The third-order valence-corrected chi connectivity index (χ3v) is 3.12. The fourth-order valence-electron chi connectivity index (χ4n) is 2.14. The number of anilines is 1. The summed E-state index contributed by atoms with van der Waals surface area (Å²) in [5, 5.41) is 3.07. The lowest BCUT2D eigenvalue weighted by atomic mass is 10.2. The smallest absolute Gasteiger partial charge is 0.126 e. The zero-order valence-electron chi connectivity index (χ0n) is 9.53. The highest BCUT2D eigenvalue weighted by atomic mass is 15.2. The Balaban J connectivity index is 2.03. The normalized spacial score (nSPS) is 21.9. The Labute approximate surface area is 91.5 Å².